The lowest BCUT2D eigenvalue weighted by atomic mass is 10.1. The van der Waals surface area contributed by atoms with Crippen molar-refractivity contribution >= 4 is 5.91 Å². The van der Waals surface area contributed by atoms with Crippen LogP contribution in [0.4, 0.5) is 0 Å². The molecule has 0 aliphatic rings. The maximum Gasteiger partial charge on any atom is 0.266 e. The van der Waals surface area contributed by atoms with Crippen LogP contribution in [-0.2, 0) is 6.54 Å². The zero-order valence-corrected chi connectivity index (χ0v) is 17.0. The molecule has 1 amide bonds. The first-order chi connectivity index (χ1) is 14.6. The van der Waals surface area contributed by atoms with Gasteiger partial charge in [0, 0.05) is 23.7 Å². The van der Waals surface area contributed by atoms with Gasteiger partial charge < -0.3 is 19.5 Å². The van der Waals surface area contributed by atoms with Crippen molar-refractivity contribution < 1.29 is 19.0 Å². The van der Waals surface area contributed by atoms with E-state index in [4.69, 9.17) is 14.2 Å². The van der Waals surface area contributed by atoms with Crippen molar-refractivity contribution in [1.82, 2.24) is 15.1 Å². The second-order valence-corrected chi connectivity index (χ2v) is 6.32. The number of nitrogens with one attached hydrogen (secondary N) is 1. The largest absolute Gasteiger partial charge is 0.493 e. The molecule has 0 atom stereocenters. The van der Waals surface area contributed by atoms with Crippen molar-refractivity contribution in [3.63, 3.8) is 0 Å². The fourth-order valence-electron chi connectivity index (χ4n) is 2.96. The molecule has 156 valence electrons. The number of nitrogens with zero attached hydrogens (tertiary/aromatic N) is 2. The van der Waals surface area contributed by atoms with Crippen LogP contribution in [0.5, 0.6) is 17.2 Å². The molecular weight excluding hydrogens is 386 g/mol. The Kier molecular flexibility index (Phi) is 6.69. The maximum absolute atomic E-state index is 12.6. The molecule has 3 rings (SSSR count). The first-order valence-corrected chi connectivity index (χ1v) is 9.29. The van der Waals surface area contributed by atoms with Crippen LogP contribution in [0, 0.1) is 0 Å². The summed E-state index contributed by atoms with van der Waals surface area (Å²) in [4.78, 5) is 24.7. The molecule has 0 fully saturated rings. The Morgan fingerprint density at radius 2 is 1.63 bits per heavy atom. The van der Waals surface area contributed by atoms with Gasteiger partial charge in [0.05, 0.1) is 33.6 Å². The molecule has 1 N–H and O–H groups in total. The summed E-state index contributed by atoms with van der Waals surface area (Å²) in [6, 6.07) is 15.9. The molecule has 0 saturated carbocycles. The SMILES string of the molecule is COc1cc(C(=O)NCCn2nc(-c3ccccc3)ccc2=O)cc(OC)c1OC. The highest BCUT2D eigenvalue weighted by molar-refractivity contribution is 5.95. The molecule has 0 aliphatic heterocycles. The van der Waals surface area contributed by atoms with Gasteiger partial charge in [-0.3, -0.25) is 9.59 Å². The summed E-state index contributed by atoms with van der Waals surface area (Å²) in [5.74, 6) is 0.845. The fraction of sp³-hybridized carbons (Fsp3) is 0.227. The minimum atomic E-state index is -0.332. The van der Waals surface area contributed by atoms with E-state index in [1.807, 2.05) is 30.3 Å². The van der Waals surface area contributed by atoms with Crippen molar-refractivity contribution in [3.8, 4) is 28.5 Å². The average molecular weight is 409 g/mol. The van der Waals surface area contributed by atoms with Gasteiger partial charge in [0.1, 0.15) is 0 Å². The smallest absolute Gasteiger partial charge is 0.266 e. The van der Waals surface area contributed by atoms with Gasteiger partial charge in [-0.05, 0) is 18.2 Å². The lowest BCUT2D eigenvalue weighted by Gasteiger charge is -2.14. The van der Waals surface area contributed by atoms with E-state index in [-0.39, 0.29) is 24.6 Å². The number of methoxy groups -OCH3 is 3. The predicted molar refractivity (Wildman–Crippen MR) is 112 cm³/mol. The standard InChI is InChI=1S/C22H23N3O5/c1-28-18-13-16(14-19(29-2)21(18)30-3)22(27)23-11-12-25-20(26)10-9-17(24-25)15-7-5-4-6-8-15/h4-10,13-14H,11-12H2,1-3H3,(H,23,27). The summed E-state index contributed by atoms with van der Waals surface area (Å²) in [5.41, 5.74) is 1.71. The third-order valence-corrected chi connectivity index (χ3v) is 4.47. The number of hydrogen-bond acceptors (Lipinski definition) is 6. The molecule has 0 unspecified atom stereocenters. The molecule has 0 radical (unpaired) electrons. The van der Waals surface area contributed by atoms with Crippen molar-refractivity contribution in [3.05, 3.63) is 70.5 Å². The quantitative estimate of drug-likeness (QED) is 0.614. The van der Waals surface area contributed by atoms with E-state index in [9.17, 15) is 9.59 Å². The van der Waals surface area contributed by atoms with Gasteiger partial charge >= 0.3 is 0 Å². The highest BCUT2D eigenvalue weighted by Gasteiger charge is 2.17. The summed E-state index contributed by atoms with van der Waals surface area (Å²) in [6.45, 7) is 0.455. The number of carbonyl (C=O) groups is 1. The van der Waals surface area contributed by atoms with Crippen LogP contribution in [0.15, 0.2) is 59.4 Å². The molecular formula is C22H23N3O5. The first kappa shape index (κ1) is 20.9. The van der Waals surface area contributed by atoms with Gasteiger partial charge in [-0.25, -0.2) is 4.68 Å². The van der Waals surface area contributed by atoms with Gasteiger partial charge in [0.25, 0.3) is 11.5 Å². The van der Waals surface area contributed by atoms with Gasteiger partial charge in [0.15, 0.2) is 11.5 Å². The lowest BCUT2D eigenvalue weighted by Crippen LogP contribution is -2.32. The van der Waals surface area contributed by atoms with Crippen molar-refractivity contribution in [2.24, 2.45) is 0 Å². The highest BCUT2D eigenvalue weighted by atomic mass is 16.5. The monoisotopic (exact) mass is 409 g/mol. The van der Waals surface area contributed by atoms with Crippen molar-refractivity contribution in [1.29, 1.82) is 0 Å². The minimum Gasteiger partial charge on any atom is -0.493 e. The number of benzene rings is 2. The van der Waals surface area contributed by atoms with E-state index < -0.39 is 0 Å². The van der Waals surface area contributed by atoms with E-state index in [0.717, 1.165) is 5.56 Å². The van der Waals surface area contributed by atoms with E-state index in [1.54, 1.807) is 18.2 Å². The third-order valence-electron chi connectivity index (χ3n) is 4.47. The van der Waals surface area contributed by atoms with Crippen LogP contribution >= 0.6 is 0 Å². The number of carbonyl (C=O) groups excluding carboxylic acids is 1. The minimum absolute atomic E-state index is 0.223. The van der Waals surface area contributed by atoms with E-state index in [1.165, 1.54) is 32.1 Å². The molecule has 0 saturated heterocycles. The van der Waals surface area contributed by atoms with Crippen LogP contribution in [0.2, 0.25) is 0 Å². The Bertz CT molecular complexity index is 1050. The predicted octanol–water partition coefficient (Wildman–Crippen LogP) is 2.37. The molecule has 2 aromatic carbocycles. The van der Waals surface area contributed by atoms with Gasteiger partial charge in [0.2, 0.25) is 5.75 Å². The maximum atomic E-state index is 12.6. The Hall–Kier alpha value is -3.81. The van der Waals surface area contributed by atoms with Crippen LogP contribution < -0.4 is 25.1 Å². The summed E-state index contributed by atoms with van der Waals surface area (Å²) >= 11 is 0. The first-order valence-electron chi connectivity index (χ1n) is 9.29. The molecule has 3 aromatic rings. The fourth-order valence-corrected chi connectivity index (χ4v) is 2.96. The molecule has 30 heavy (non-hydrogen) atoms. The van der Waals surface area contributed by atoms with Crippen molar-refractivity contribution in [2.45, 2.75) is 6.54 Å². The van der Waals surface area contributed by atoms with Crippen LogP contribution in [-0.4, -0.2) is 43.6 Å². The highest BCUT2D eigenvalue weighted by Crippen LogP contribution is 2.38. The number of hydrogen-bond donors (Lipinski definition) is 1. The second kappa shape index (κ2) is 9.60. The van der Waals surface area contributed by atoms with E-state index in [2.05, 4.69) is 10.4 Å². The molecule has 0 spiro atoms. The average Bonchev–Trinajstić information content (AvgIpc) is 2.79. The molecule has 0 bridgehead atoms. The third kappa shape index (κ3) is 4.60. The Morgan fingerprint density at radius 3 is 2.23 bits per heavy atom. The van der Waals surface area contributed by atoms with Gasteiger partial charge in [-0.2, -0.15) is 5.10 Å². The lowest BCUT2D eigenvalue weighted by molar-refractivity contribution is 0.0951. The second-order valence-electron chi connectivity index (χ2n) is 6.32. The van der Waals surface area contributed by atoms with E-state index >= 15 is 0 Å². The summed E-state index contributed by atoms with van der Waals surface area (Å²) in [7, 11) is 4.46. The molecule has 1 heterocycles. The zero-order chi connectivity index (χ0) is 21.5. The number of amides is 1. The molecule has 8 heteroatoms. The number of aromatic nitrogens is 2. The summed E-state index contributed by atoms with van der Waals surface area (Å²) < 4.78 is 17.1. The zero-order valence-electron chi connectivity index (χ0n) is 17.0. The Morgan fingerprint density at radius 1 is 0.967 bits per heavy atom. The topological polar surface area (TPSA) is 91.7 Å². The van der Waals surface area contributed by atoms with Crippen LogP contribution in [0.1, 0.15) is 10.4 Å². The number of rotatable bonds is 8. The van der Waals surface area contributed by atoms with E-state index in [0.29, 0.717) is 28.5 Å². The molecule has 0 aliphatic carbocycles. The van der Waals surface area contributed by atoms with Gasteiger partial charge in [-0.1, -0.05) is 30.3 Å². The summed E-state index contributed by atoms with van der Waals surface area (Å²) in [6.07, 6.45) is 0. The summed E-state index contributed by atoms with van der Waals surface area (Å²) in [5, 5.41) is 7.17. The molecule has 8 nitrogen and oxygen atoms in total. The normalized spacial score (nSPS) is 10.4. The van der Waals surface area contributed by atoms with Crippen molar-refractivity contribution in [2.75, 3.05) is 27.9 Å². The van der Waals surface area contributed by atoms with Gasteiger partial charge in [-0.15, -0.1) is 0 Å². The van der Waals surface area contributed by atoms with Crippen LogP contribution in [0.25, 0.3) is 11.3 Å². The Labute approximate surface area is 174 Å². The molecule has 1 aromatic heterocycles. The van der Waals surface area contributed by atoms with Crippen LogP contribution in [0.3, 0.4) is 0 Å². The number of ether oxygens (including phenoxy) is 3. The Balaban J connectivity index is 1.71.